The molecule has 3 nitrogen and oxygen atoms in total. The van der Waals surface area contributed by atoms with Crippen molar-refractivity contribution < 1.29 is 4.79 Å². The summed E-state index contributed by atoms with van der Waals surface area (Å²) in [6.45, 7) is 2.21. The molecule has 2 N–H and O–H groups in total. The van der Waals surface area contributed by atoms with Crippen molar-refractivity contribution in [2.45, 2.75) is 83.2 Å². The molecule has 1 aliphatic rings. The van der Waals surface area contributed by atoms with E-state index in [1.54, 1.807) is 0 Å². The normalized spacial score (nSPS) is 23.9. The molecular formula is C15H30N2O. The zero-order chi connectivity index (χ0) is 13.4. The van der Waals surface area contributed by atoms with E-state index in [-0.39, 0.29) is 18.0 Å². The lowest BCUT2D eigenvalue weighted by molar-refractivity contribution is -0.133. The van der Waals surface area contributed by atoms with Crippen molar-refractivity contribution in [2.24, 2.45) is 5.73 Å². The van der Waals surface area contributed by atoms with Gasteiger partial charge in [-0.2, -0.15) is 0 Å². The Kier molecular flexibility index (Phi) is 7.33. The average molecular weight is 254 g/mol. The van der Waals surface area contributed by atoms with E-state index >= 15 is 0 Å². The van der Waals surface area contributed by atoms with Crippen LogP contribution in [0.4, 0.5) is 0 Å². The van der Waals surface area contributed by atoms with Crippen LogP contribution in [0.2, 0.25) is 0 Å². The fraction of sp³-hybridized carbons (Fsp3) is 0.933. The highest BCUT2D eigenvalue weighted by Crippen LogP contribution is 2.21. The van der Waals surface area contributed by atoms with Crippen molar-refractivity contribution in [1.82, 2.24) is 4.90 Å². The molecule has 0 heterocycles. The average Bonchev–Trinajstić information content (AvgIpc) is 2.38. The highest BCUT2D eigenvalue weighted by molar-refractivity contribution is 5.76. The smallest absolute Gasteiger partial charge is 0.222 e. The third kappa shape index (κ3) is 4.97. The minimum Gasteiger partial charge on any atom is -0.341 e. The lowest BCUT2D eigenvalue weighted by Crippen LogP contribution is -2.50. The van der Waals surface area contributed by atoms with Crippen molar-refractivity contribution in [3.05, 3.63) is 0 Å². The first-order chi connectivity index (χ1) is 8.66. The maximum Gasteiger partial charge on any atom is 0.222 e. The third-order valence-electron chi connectivity index (χ3n) is 4.17. The fourth-order valence-corrected chi connectivity index (χ4v) is 2.86. The van der Waals surface area contributed by atoms with Crippen LogP contribution in [0.5, 0.6) is 0 Å². The first-order valence-corrected chi connectivity index (χ1v) is 7.68. The number of hydrogen-bond acceptors (Lipinski definition) is 2. The van der Waals surface area contributed by atoms with Gasteiger partial charge < -0.3 is 10.6 Å². The lowest BCUT2D eigenvalue weighted by atomic mass is 9.90. The van der Waals surface area contributed by atoms with Gasteiger partial charge in [0.15, 0.2) is 0 Å². The second-order valence-electron chi connectivity index (χ2n) is 5.68. The van der Waals surface area contributed by atoms with Crippen molar-refractivity contribution in [3.8, 4) is 0 Å². The van der Waals surface area contributed by atoms with Gasteiger partial charge in [-0.05, 0) is 19.3 Å². The Bertz CT molecular complexity index is 243. The molecule has 0 radical (unpaired) electrons. The Labute approximate surface area is 112 Å². The monoisotopic (exact) mass is 254 g/mol. The Morgan fingerprint density at radius 1 is 1.17 bits per heavy atom. The van der Waals surface area contributed by atoms with Gasteiger partial charge in [-0.25, -0.2) is 0 Å². The molecule has 106 valence electrons. The Balaban J connectivity index is 2.23. The van der Waals surface area contributed by atoms with Gasteiger partial charge in [0.25, 0.3) is 0 Å². The van der Waals surface area contributed by atoms with E-state index in [0.717, 1.165) is 19.3 Å². The molecule has 0 aliphatic heterocycles. The van der Waals surface area contributed by atoms with E-state index < -0.39 is 0 Å². The lowest BCUT2D eigenvalue weighted by Gasteiger charge is -2.36. The van der Waals surface area contributed by atoms with E-state index in [4.69, 9.17) is 5.73 Å². The van der Waals surface area contributed by atoms with Gasteiger partial charge in [-0.3, -0.25) is 4.79 Å². The molecule has 1 saturated carbocycles. The van der Waals surface area contributed by atoms with Crippen LogP contribution >= 0.6 is 0 Å². The summed E-state index contributed by atoms with van der Waals surface area (Å²) in [5, 5.41) is 0. The van der Waals surface area contributed by atoms with Crippen molar-refractivity contribution in [1.29, 1.82) is 0 Å². The Hall–Kier alpha value is -0.570. The fourth-order valence-electron chi connectivity index (χ4n) is 2.86. The van der Waals surface area contributed by atoms with Crippen LogP contribution in [0.3, 0.4) is 0 Å². The molecule has 0 spiro atoms. The molecule has 0 saturated heterocycles. The minimum atomic E-state index is 0.188. The third-order valence-corrected chi connectivity index (χ3v) is 4.17. The number of rotatable bonds is 7. The summed E-state index contributed by atoms with van der Waals surface area (Å²) < 4.78 is 0. The van der Waals surface area contributed by atoms with Crippen LogP contribution in [-0.4, -0.2) is 29.9 Å². The molecule has 0 aromatic heterocycles. The van der Waals surface area contributed by atoms with Gasteiger partial charge >= 0.3 is 0 Å². The van der Waals surface area contributed by atoms with Gasteiger partial charge in [0.1, 0.15) is 0 Å². The van der Waals surface area contributed by atoms with Crippen LogP contribution in [-0.2, 0) is 4.79 Å². The first kappa shape index (κ1) is 15.5. The van der Waals surface area contributed by atoms with Crippen LogP contribution in [0.1, 0.15) is 71.1 Å². The SMILES string of the molecule is CCCCCCCC(=O)N(C)C1CCCCC1N. The summed E-state index contributed by atoms with van der Waals surface area (Å²) in [5.41, 5.74) is 6.12. The van der Waals surface area contributed by atoms with Crippen LogP contribution in [0.15, 0.2) is 0 Å². The van der Waals surface area contributed by atoms with E-state index in [0.29, 0.717) is 6.42 Å². The first-order valence-electron chi connectivity index (χ1n) is 7.68. The zero-order valence-electron chi connectivity index (χ0n) is 12.2. The summed E-state index contributed by atoms with van der Waals surface area (Å²) in [4.78, 5) is 14.0. The van der Waals surface area contributed by atoms with Crippen LogP contribution in [0.25, 0.3) is 0 Å². The van der Waals surface area contributed by atoms with Crippen molar-refractivity contribution >= 4 is 5.91 Å². The minimum absolute atomic E-state index is 0.188. The molecular weight excluding hydrogens is 224 g/mol. The number of hydrogen-bond donors (Lipinski definition) is 1. The number of carbonyl (C=O) groups is 1. The van der Waals surface area contributed by atoms with E-state index in [2.05, 4.69) is 6.92 Å². The van der Waals surface area contributed by atoms with E-state index in [1.165, 1.54) is 38.5 Å². The molecule has 1 aliphatic carbocycles. The predicted octanol–water partition coefficient (Wildman–Crippen LogP) is 3.08. The van der Waals surface area contributed by atoms with E-state index in [9.17, 15) is 4.79 Å². The molecule has 18 heavy (non-hydrogen) atoms. The molecule has 0 aromatic rings. The molecule has 1 rings (SSSR count). The zero-order valence-corrected chi connectivity index (χ0v) is 12.2. The molecule has 1 fully saturated rings. The quantitative estimate of drug-likeness (QED) is 0.710. The highest BCUT2D eigenvalue weighted by Gasteiger charge is 2.27. The van der Waals surface area contributed by atoms with Gasteiger partial charge in [0, 0.05) is 25.6 Å². The van der Waals surface area contributed by atoms with Gasteiger partial charge in [-0.15, -0.1) is 0 Å². The van der Waals surface area contributed by atoms with Gasteiger partial charge in [0.05, 0.1) is 0 Å². The summed E-state index contributed by atoms with van der Waals surface area (Å²) >= 11 is 0. The maximum atomic E-state index is 12.1. The number of carbonyl (C=O) groups excluding carboxylic acids is 1. The van der Waals surface area contributed by atoms with Crippen LogP contribution in [0, 0.1) is 0 Å². The molecule has 1 amide bonds. The summed E-state index contributed by atoms with van der Waals surface area (Å²) in [7, 11) is 1.93. The summed E-state index contributed by atoms with van der Waals surface area (Å²) in [6, 6.07) is 0.467. The predicted molar refractivity (Wildman–Crippen MR) is 76.4 cm³/mol. The second-order valence-corrected chi connectivity index (χ2v) is 5.68. The number of nitrogens with two attached hydrogens (primary N) is 1. The second kappa shape index (κ2) is 8.52. The Morgan fingerprint density at radius 3 is 2.50 bits per heavy atom. The molecule has 0 aromatic carbocycles. The Morgan fingerprint density at radius 2 is 1.83 bits per heavy atom. The van der Waals surface area contributed by atoms with Crippen molar-refractivity contribution in [3.63, 3.8) is 0 Å². The molecule has 0 bridgehead atoms. The number of unbranched alkanes of at least 4 members (excludes halogenated alkanes) is 4. The number of amides is 1. The number of likely N-dealkylation sites (N-methyl/N-ethyl adjacent to an activating group) is 1. The van der Waals surface area contributed by atoms with E-state index in [1.807, 2.05) is 11.9 Å². The van der Waals surface area contributed by atoms with Gasteiger partial charge in [0.2, 0.25) is 5.91 Å². The van der Waals surface area contributed by atoms with Crippen molar-refractivity contribution in [2.75, 3.05) is 7.05 Å². The molecule has 2 atom stereocenters. The largest absolute Gasteiger partial charge is 0.341 e. The number of nitrogens with zero attached hydrogens (tertiary/aromatic N) is 1. The summed E-state index contributed by atoms with van der Waals surface area (Å²) in [6.07, 6.45) is 11.3. The van der Waals surface area contributed by atoms with Gasteiger partial charge in [-0.1, -0.05) is 45.4 Å². The van der Waals surface area contributed by atoms with Crippen LogP contribution < -0.4 is 5.73 Å². The molecule has 2 unspecified atom stereocenters. The summed E-state index contributed by atoms with van der Waals surface area (Å²) in [5.74, 6) is 0.286. The standard InChI is InChI=1S/C15H30N2O/c1-3-4-5-6-7-12-15(18)17(2)14-11-9-8-10-13(14)16/h13-14H,3-12,16H2,1-2H3. The topological polar surface area (TPSA) is 46.3 Å². The maximum absolute atomic E-state index is 12.1. The highest BCUT2D eigenvalue weighted by atomic mass is 16.2. The molecule has 3 heteroatoms.